The molecule has 2 fully saturated rings. The van der Waals surface area contributed by atoms with E-state index in [9.17, 15) is 9.59 Å². The lowest BCUT2D eigenvalue weighted by Gasteiger charge is -2.37. The lowest BCUT2D eigenvalue weighted by Crippen LogP contribution is -2.57. The number of ether oxygens (including phenoxy) is 1. The smallest absolute Gasteiger partial charge is 0.242 e. The van der Waals surface area contributed by atoms with Crippen LogP contribution in [0.3, 0.4) is 0 Å². The van der Waals surface area contributed by atoms with Crippen molar-refractivity contribution < 1.29 is 14.3 Å². The number of hydrogen-bond acceptors (Lipinski definition) is 4. The van der Waals surface area contributed by atoms with Crippen molar-refractivity contribution in [2.45, 2.75) is 52.2 Å². The summed E-state index contributed by atoms with van der Waals surface area (Å²) in [5, 5.41) is 3.29. The molecule has 0 radical (unpaired) electrons. The fourth-order valence-electron chi connectivity index (χ4n) is 4.30. The van der Waals surface area contributed by atoms with Gasteiger partial charge in [0.05, 0.1) is 18.7 Å². The van der Waals surface area contributed by atoms with Crippen molar-refractivity contribution in [1.82, 2.24) is 15.1 Å². The molecular formula is C23H35N3O3. The van der Waals surface area contributed by atoms with E-state index in [-0.39, 0.29) is 30.5 Å². The Kier molecular flexibility index (Phi) is 7.53. The van der Waals surface area contributed by atoms with E-state index in [0.29, 0.717) is 18.4 Å². The Morgan fingerprint density at radius 1 is 1.14 bits per heavy atom. The highest BCUT2D eigenvalue weighted by molar-refractivity contribution is 5.88. The van der Waals surface area contributed by atoms with Crippen molar-refractivity contribution >= 4 is 11.8 Å². The van der Waals surface area contributed by atoms with Crippen molar-refractivity contribution in [3.63, 3.8) is 0 Å². The van der Waals surface area contributed by atoms with Crippen LogP contribution < -0.4 is 10.1 Å². The summed E-state index contributed by atoms with van der Waals surface area (Å²) in [6, 6.07) is 9.74. The Hall–Kier alpha value is -2.08. The van der Waals surface area contributed by atoms with Crippen molar-refractivity contribution in [1.29, 1.82) is 0 Å². The van der Waals surface area contributed by atoms with Crippen LogP contribution in [0.15, 0.2) is 30.3 Å². The average molecular weight is 402 g/mol. The van der Waals surface area contributed by atoms with Gasteiger partial charge in [0.2, 0.25) is 11.8 Å². The molecule has 160 valence electrons. The van der Waals surface area contributed by atoms with Gasteiger partial charge in [0.25, 0.3) is 0 Å². The van der Waals surface area contributed by atoms with Gasteiger partial charge in [0, 0.05) is 26.2 Å². The first-order valence-electron chi connectivity index (χ1n) is 11.0. The van der Waals surface area contributed by atoms with Gasteiger partial charge in [-0.15, -0.1) is 0 Å². The maximum atomic E-state index is 12.8. The number of likely N-dealkylation sites (tertiary alicyclic amines) is 1. The Balaban J connectivity index is 1.45. The van der Waals surface area contributed by atoms with Gasteiger partial charge in [-0.05, 0) is 50.2 Å². The first kappa shape index (κ1) is 21.6. The standard InChI is InChI=1S/C23H35N3O3/c1-17(2)15-21-23(28)26(14-11-24-21)16-22(27)25-12-9-19(10-13-25)18(3)29-20-7-5-4-6-8-20/h4-8,17-19,21,24H,9-16H2,1-3H3. The monoisotopic (exact) mass is 401 g/mol. The molecule has 0 aliphatic carbocycles. The van der Waals surface area contributed by atoms with E-state index in [4.69, 9.17) is 4.74 Å². The highest BCUT2D eigenvalue weighted by Crippen LogP contribution is 2.24. The second-order valence-corrected chi connectivity index (χ2v) is 8.75. The summed E-state index contributed by atoms with van der Waals surface area (Å²) in [5.41, 5.74) is 0. The summed E-state index contributed by atoms with van der Waals surface area (Å²) in [5.74, 6) is 1.92. The molecule has 2 saturated heterocycles. The number of para-hydroxylation sites is 1. The lowest BCUT2D eigenvalue weighted by atomic mass is 9.92. The second-order valence-electron chi connectivity index (χ2n) is 8.75. The lowest BCUT2D eigenvalue weighted by molar-refractivity contribution is -0.144. The van der Waals surface area contributed by atoms with E-state index in [0.717, 1.165) is 44.6 Å². The number of amides is 2. The van der Waals surface area contributed by atoms with Gasteiger partial charge in [0.15, 0.2) is 0 Å². The normalized spacial score (nSPS) is 22.1. The predicted molar refractivity (Wildman–Crippen MR) is 114 cm³/mol. The summed E-state index contributed by atoms with van der Waals surface area (Å²) < 4.78 is 6.07. The predicted octanol–water partition coefficient (Wildman–Crippen LogP) is 2.54. The number of nitrogens with one attached hydrogen (secondary N) is 1. The summed E-state index contributed by atoms with van der Waals surface area (Å²) in [4.78, 5) is 29.1. The largest absolute Gasteiger partial charge is 0.490 e. The van der Waals surface area contributed by atoms with E-state index < -0.39 is 0 Å². The molecule has 0 spiro atoms. The number of benzene rings is 1. The summed E-state index contributed by atoms with van der Waals surface area (Å²) in [6.07, 6.45) is 2.81. The number of piperidine rings is 1. The molecule has 3 rings (SSSR count). The van der Waals surface area contributed by atoms with E-state index in [1.54, 1.807) is 4.90 Å². The van der Waals surface area contributed by atoms with Gasteiger partial charge < -0.3 is 19.9 Å². The molecule has 0 bridgehead atoms. The number of rotatable bonds is 7. The first-order valence-corrected chi connectivity index (χ1v) is 11.0. The van der Waals surface area contributed by atoms with Crippen LogP contribution in [-0.2, 0) is 9.59 Å². The van der Waals surface area contributed by atoms with E-state index >= 15 is 0 Å². The third-order valence-electron chi connectivity index (χ3n) is 6.04. The molecule has 0 aromatic heterocycles. The molecule has 6 nitrogen and oxygen atoms in total. The minimum absolute atomic E-state index is 0.0677. The van der Waals surface area contributed by atoms with Crippen molar-refractivity contribution in [3.05, 3.63) is 30.3 Å². The third-order valence-corrected chi connectivity index (χ3v) is 6.04. The van der Waals surface area contributed by atoms with Crippen LogP contribution in [0.1, 0.15) is 40.0 Å². The number of nitrogens with zero attached hydrogens (tertiary/aromatic N) is 2. The maximum Gasteiger partial charge on any atom is 0.242 e. The van der Waals surface area contributed by atoms with Crippen LogP contribution in [0.4, 0.5) is 0 Å². The fourth-order valence-corrected chi connectivity index (χ4v) is 4.30. The van der Waals surface area contributed by atoms with E-state index in [1.165, 1.54) is 0 Å². The SMILES string of the molecule is CC(C)CC1NCCN(CC(=O)N2CCC(C(C)Oc3ccccc3)CC2)C1=O. The fraction of sp³-hybridized carbons (Fsp3) is 0.652. The zero-order valence-corrected chi connectivity index (χ0v) is 18.0. The molecule has 6 heteroatoms. The van der Waals surface area contributed by atoms with Crippen molar-refractivity contribution in [3.8, 4) is 5.75 Å². The maximum absolute atomic E-state index is 12.8. The molecule has 2 heterocycles. The van der Waals surface area contributed by atoms with E-state index in [2.05, 4.69) is 26.1 Å². The summed E-state index contributed by atoms with van der Waals surface area (Å²) in [7, 11) is 0. The van der Waals surface area contributed by atoms with Gasteiger partial charge in [-0.2, -0.15) is 0 Å². The molecular weight excluding hydrogens is 366 g/mol. The Morgan fingerprint density at radius 3 is 2.48 bits per heavy atom. The minimum atomic E-state index is -0.154. The third kappa shape index (κ3) is 5.95. The average Bonchev–Trinajstić information content (AvgIpc) is 2.71. The molecule has 29 heavy (non-hydrogen) atoms. The van der Waals surface area contributed by atoms with E-state index in [1.807, 2.05) is 35.2 Å². The summed E-state index contributed by atoms with van der Waals surface area (Å²) >= 11 is 0. The van der Waals surface area contributed by atoms with Gasteiger partial charge in [0.1, 0.15) is 5.75 Å². The van der Waals surface area contributed by atoms with Crippen LogP contribution in [-0.4, -0.2) is 66.5 Å². The molecule has 1 aromatic rings. The topological polar surface area (TPSA) is 61.9 Å². The highest BCUT2D eigenvalue weighted by atomic mass is 16.5. The molecule has 1 aromatic carbocycles. The summed E-state index contributed by atoms with van der Waals surface area (Å²) in [6.45, 7) is 9.39. The highest BCUT2D eigenvalue weighted by Gasteiger charge is 2.32. The van der Waals surface area contributed by atoms with Crippen LogP contribution in [0.25, 0.3) is 0 Å². The van der Waals surface area contributed by atoms with Crippen LogP contribution in [0.2, 0.25) is 0 Å². The Labute approximate surface area is 174 Å². The molecule has 1 N–H and O–H groups in total. The van der Waals surface area contributed by atoms with Crippen LogP contribution in [0.5, 0.6) is 5.75 Å². The molecule has 2 aliphatic heterocycles. The van der Waals surface area contributed by atoms with Gasteiger partial charge in [-0.1, -0.05) is 32.0 Å². The number of carbonyl (C=O) groups excluding carboxylic acids is 2. The molecule has 2 atom stereocenters. The van der Waals surface area contributed by atoms with Gasteiger partial charge in [-0.25, -0.2) is 0 Å². The second kappa shape index (κ2) is 10.1. The van der Waals surface area contributed by atoms with Crippen molar-refractivity contribution in [2.24, 2.45) is 11.8 Å². The van der Waals surface area contributed by atoms with Gasteiger partial charge in [-0.3, -0.25) is 9.59 Å². The molecule has 2 unspecified atom stereocenters. The number of hydrogen-bond donors (Lipinski definition) is 1. The molecule has 2 amide bonds. The Bertz CT molecular complexity index is 671. The number of piperazine rings is 1. The first-order chi connectivity index (χ1) is 13.9. The zero-order valence-electron chi connectivity index (χ0n) is 18.0. The van der Waals surface area contributed by atoms with Crippen LogP contribution >= 0.6 is 0 Å². The van der Waals surface area contributed by atoms with Crippen LogP contribution in [0, 0.1) is 11.8 Å². The number of carbonyl (C=O) groups is 2. The Morgan fingerprint density at radius 2 is 1.83 bits per heavy atom. The molecule has 0 saturated carbocycles. The molecule has 2 aliphatic rings. The minimum Gasteiger partial charge on any atom is -0.490 e. The zero-order chi connectivity index (χ0) is 20.8. The van der Waals surface area contributed by atoms with Crippen molar-refractivity contribution in [2.75, 3.05) is 32.7 Å². The van der Waals surface area contributed by atoms with Gasteiger partial charge >= 0.3 is 0 Å². The quantitative estimate of drug-likeness (QED) is 0.763.